The van der Waals surface area contributed by atoms with Gasteiger partial charge in [0.2, 0.25) is 0 Å². The molecule has 2 aliphatic rings. The molecule has 0 N–H and O–H groups in total. The maximum atomic E-state index is 13.4. The fraction of sp³-hybridized carbons (Fsp3) is 0.571. The van der Waals surface area contributed by atoms with Crippen LogP contribution >= 0.6 is 0 Å². The Morgan fingerprint density at radius 1 is 0.879 bits per heavy atom. The number of ether oxygens (including phenoxy) is 1. The van der Waals surface area contributed by atoms with Gasteiger partial charge in [0, 0.05) is 37.6 Å². The summed E-state index contributed by atoms with van der Waals surface area (Å²) in [5, 5.41) is 0. The van der Waals surface area contributed by atoms with Crippen LogP contribution in [-0.4, -0.2) is 19.8 Å². The Morgan fingerprint density at radius 2 is 1.58 bits per heavy atom. The van der Waals surface area contributed by atoms with Crippen molar-refractivity contribution in [3.63, 3.8) is 0 Å². The summed E-state index contributed by atoms with van der Waals surface area (Å²) < 4.78 is 45.8. The summed E-state index contributed by atoms with van der Waals surface area (Å²) in [4.78, 5) is 2.13. The van der Waals surface area contributed by atoms with Crippen LogP contribution in [0.15, 0.2) is 42.5 Å². The number of anilines is 2. The first-order valence-electron chi connectivity index (χ1n) is 12.6. The molecule has 1 aliphatic carbocycles. The van der Waals surface area contributed by atoms with Crippen molar-refractivity contribution in [2.45, 2.75) is 70.9 Å². The topological polar surface area (TPSA) is 12.5 Å². The average Bonchev–Trinajstić information content (AvgIpc) is 2.81. The molecule has 0 unspecified atom stereocenters. The van der Waals surface area contributed by atoms with Crippen molar-refractivity contribution in [3.05, 3.63) is 59.2 Å². The first kappa shape index (κ1) is 24.1. The standard InChI is InChI=1S/C28H36F3NO/c1-2-17-33-18-15-22-11-9-21(10-12-22)6-5-16-32-26-8-4-3-7-23(26)19-24-13-14-25(20-27(24)32)28(29,30)31/h3-4,7-8,13-14,20-22H,2,5-6,9-12,15-19H2,1H3. The summed E-state index contributed by atoms with van der Waals surface area (Å²) in [5.74, 6) is 1.53. The van der Waals surface area contributed by atoms with Gasteiger partial charge in [0.25, 0.3) is 0 Å². The molecule has 5 heteroatoms. The van der Waals surface area contributed by atoms with Crippen molar-refractivity contribution < 1.29 is 17.9 Å². The third-order valence-corrected chi connectivity index (χ3v) is 7.35. The number of hydrogen-bond acceptors (Lipinski definition) is 2. The van der Waals surface area contributed by atoms with Gasteiger partial charge in [-0.15, -0.1) is 0 Å². The third kappa shape index (κ3) is 6.11. The summed E-state index contributed by atoms with van der Waals surface area (Å²) in [7, 11) is 0. The van der Waals surface area contributed by atoms with Crippen LogP contribution < -0.4 is 4.90 Å². The number of halogens is 3. The van der Waals surface area contributed by atoms with E-state index in [9.17, 15) is 13.2 Å². The number of alkyl halides is 3. The Kier molecular flexibility index (Phi) is 8.00. The summed E-state index contributed by atoms with van der Waals surface area (Å²) in [6, 6.07) is 12.4. The maximum absolute atomic E-state index is 13.4. The molecule has 2 aromatic rings. The van der Waals surface area contributed by atoms with Crippen LogP contribution in [0.25, 0.3) is 0 Å². The summed E-state index contributed by atoms with van der Waals surface area (Å²) in [6.07, 6.45) is 5.86. The molecule has 1 saturated carbocycles. The van der Waals surface area contributed by atoms with Gasteiger partial charge in [-0.05, 0) is 66.8 Å². The summed E-state index contributed by atoms with van der Waals surface area (Å²) in [5.41, 5.74) is 3.38. The Bertz CT molecular complexity index is 902. The highest BCUT2D eigenvalue weighted by atomic mass is 19.4. The van der Waals surface area contributed by atoms with E-state index in [-0.39, 0.29) is 0 Å². The lowest BCUT2D eigenvalue weighted by Gasteiger charge is -2.35. The molecule has 0 bridgehead atoms. The molecule has 0 aromatic heterocycles. The molecule has 0 spiro atoms. The van der Waals surface area contributed by atoms with Gasteiger partial charge in [0.05, 0.1) is 5.56 Å². The lowest BCUT2D eigenvalue weighted by Crippen LogP contribution is -2.26. The van der Waals surface area contributed by atoms with Gasteiger partial charge in [-0.1, -0.05) is 56.9 Å². The SMILES string of the molecule is CCCOCCC1CCC(CCCN2c3ccccc3Cc3ccc(C(F)(F)F)cc32)CC1. The lowest BCUT2D eigenvalue weighted by molar-refractivity contribution is -0.137. The van der Waals surface area contributed by atoms with Gasteiger partial charge >= 0.3 is 6.18 Å². The molecule has 0 amide bonds. The first-order valence-corrected chi connectivity index (χ1v) is 12.6. The number of nitrogens with zero attached hydrogens (tertiary/aromatic N) is 1. The Labute approximate surface area is 196 Å². The molecular weight excluding hydrogens is 423 g/mol. The number of hydrogen-bond donors (Lipinski definition) is 0. The molecule has 0 saturated heterocycles. The zero-order chi connectivity index (χ0) is 23.3. The zero-order valence-corrected chi connectivity index (χ0v) is 19.7. The van der Waals surface area contributed by atoms with E-state index in [0.717, 1.165) is 67.8 Å². The molecule has 1 heterocycles. The number of para-hydroxylation sites is 1. The van der Waals surface area contributed by atoms with Crippen molar-refractivity contribution in [1.82, 2.24) is 0 Å². The first-order chi connectivity index (χ1) is 16.0. The molecule has 1 aliphatic heterocycles. The molecule has 33 heavy (non-hydrogen) atoms. The highest BCUT2D eigenvalue weighted by molar-refractivity contribution is 5.74. The van der Waals surface area contributed by atoms with Gasteiger partial charge in [0.1, 0.15) is 0 Å². The van der Waals surface area contributed by atoms with E-state index in [2.05, 4.69) is 17.9 Å². The monoisotopic (exact) mass is 459 g/mol. The highest BCUT2D eigenvalue weighted by Crippen LogP contribution is 2.42. The quantitative estimate of drug-likeness (QED) is 0.351. The van der Waals surface area contributed by atoms with Crippen LogP contribution in [0.5, 0.6) is 0 Å². The average molecular weight is 460 g/mol. The molecule has 180 valence electrons. The van der Waals surface area contributed by atoms with Gasteiger partial charge in [0.15, 0.2) is 0 Å². The van der Waals surface area contributed by atoms with Crippen molar-refractivity contribution in [2.24, 2.45) is 11.8 Å². The zero-order valence-electron chi connectivity index (χ0n) is 19.7. The van der Waals surface area contributed by atoms with Crippen LogP contribution in [0, 0.1) is 11.8 Å². The minimum Gasteiger partial charge on any atom is -0.381 e. The van der Waals surface area contributed by atoms with Crippen molar-refractivity contribution >= 4 is 11.4 Å². The Morgan fingerprint density at radius 3 is 2.30 bits per heavy atom. The molecule has 1 fully saturated rings. The maximum Gasteiger partial charge on any atom is 0.416 e. The van der Waals surface area contributed by atoms with Gasteiger partial charge in [-0.25, -0.2) is 0 Å². The minimum absolute atomic E-state index is 0.563. The molecule has 4 rings (SSSR count). The van der Waals surface area contributed by atoms with Gasteiger partial charge in [-0.2, -0.15) is 13.2 Å². The Hall–Kier alpha value is -2.01. The molecule has 2 nitrogen and oxygen atoms in total. The smallest absolute Gasteiger partial charge is 0.381 e. The van der Waals surface area contributed by atoms with E-state index in [0.29, 0.717) is 6.42 Å². The van der Waals surface area contributed by atoms with Crippen LogP contribution in [0.1, 0.15) is 75.0 Å². The molecule has 0 atom stereocenters. The predicted molar refractivity (Wildman–Crippen MR) is 128 cm³/mol. The van der Waals surface area contributed by atoms with E-state index in [1.54, 1.807) is 6.07 Å². The highest BCUT2D eigenvalue weighted by Gasteiger charge is 2.33. The van der Waals surface area contributed by atoms with E-state index in [1.807, 2.05) is 18.2 Å². The largest absolute Gasteiger partial charge is 0.416 e. The second-order valence-corrected chi connectivity index (χ2v) is 9.73. The fourth-order valence-corrected chi connectivity index (χ4v) is 5.48. The molecule has 2 aromatic carbocycles. The van der Waals surface area contributed by atoms with Crippen molar-refractivity contribution in [1.29, 1.82) is 0 Å². The molecular formula is C28H36F3NO. The van der Waals surface area contributed by atoms with Crippen LogP contribution in [0.3, 0.4) is 0 Å². The van der Waals surface area contributed by atoms with Crippen LogP contribution in [0.4, 0.5) is 24.5 Å². The Balaban J connectivity index is 1.36. The van der Waals surface area contributed by atoms with E-state index < -0.39 is 11.7 Å². The van der Waals surface area contributed by atoms with Crippen molar-refractivity contribution in [2.75, 3.05) is 24.7 Å². The van der Waals surface area contributed by atoms with Crippen LogP contribution in [-0.2, 0) is 17.3 Å². The number of fused-ring (bicyclic) bond motifs is 2. The van der Waals surface area contributed by atoms with E-state index in [1.165, 1.54) is 49.8 Å². The second-order valence-electron chi connectivity index (χ2n) is 9.73. The normalized spacial score (nSPS) is 20.4. The van der Waals surface area contributed by atoms with Gasteiger partial charge in [-0.3, -0.25) is 0 Å². The summed E-state index contributed by atoms with van der Waals surface area (Å²) >= 11 is 0. The second kappa shape index (κ2) is 10.9. The summed E-state index contributed by atoms with van der Waals surface area (Å²) in [6.45, 7) is 4.65. The predicted octanol–water partition coefficient (Wildman–Crippen LogP) is 8.15. The molecule has 0 radical (unpaired) electrons. The number of benzene rings is 2. The van der Waals surface area contributed by atoms with E-state index >= 15 is 0 Å². The van der Waals surface area contributed by atoms with Crippen molar-refractivity contribution in [3.8, 4) is 0 Å². The lowest BCUT2D eigenvalue weighted by atomic mass is 9.79. The van der Waals surface area contributed by atoms with Crippen LogP contribution in [0.2, 0.25) is 0 Å². The van der Waals surface area contributed by atoms with E-state index in [4.69, 9.17) is 4.74 Å². The number of rotatable bonds is 9. The van der Waals surface area contributed by atoms with Gasteiger partial charge < -0.3 is 9.64 Å². The third-order valence-electron chi connectivity index (χ3n) is 7.35. The fourth-order valence-electron chi connectivity index (χ4n) is 5.48. The minimum atomic E-state index is -4.32.